The normalized spacial score (nSPS) is 15.6. The van der Waals surface area contributed by atoms with Crippen LogP contribution in [0, 0.1) is 0 Å². The minimum atomic E-state index is -0.464. The van der Waals surface area contributed by atoms with Gasteiger partial charge in [-0.15, -0.1) is 0 Å². The molecule has 3 aromatic rings. The van der Waals surface area contributed by atoms with Gasteiger partial charge < -0.3 is 15.2 Å². The molecule has 0 fully saturated rings. The van der Waals surface area contributed by atoms with Crippen molar-refractivity contribution in [1.29, 1.82) is 0 Å². The molecule has 0 saturated carbocycles. The number of urea groups is 1. The smallest absolute Gasteiger partial charge is 0.319 e. The number of ketones is 1. The highest BCUT2D eigenvalue weighted by Gasteiger charge is 2.31. The lowest BCUT2D eigenvalue weighted by molar-refractivity contribution is -0.114. The Labute approximate surface area is 240 Å². The minimum Gasteiger partial charge on any atom is -0.340 e. The topological polar surface area (TPSA) is 63.1 Å². The summed E-state index contributed by atoms with van der Waals surface area (Å²) in [6, 6.07) is 14.1. The number of benzene rings is 2. The van der Waals surface area contributed by atoms with Crippen molar-refractivity contribution in [3.63, 3.8) is 0 Å². The summed E-state index contributed by atoms with van der Waals surface area (Å²) in [5.41, 5.74) is 4.58. The lowest BCUT2D eigenvalue weighted by Crippen LogP contribution is -2.44. The zero-order valence-electron chi connectivity index (χ0n) is 25.0. The van der Waals surface area contributed by atoms with E-state index >= 15 is 0 Å². The van der Waals surface area contributed by atoms with Gasteiger partial charge in [0.1, 0.15) is 0 Å². The second-order valence-corrected chi connectivity index (χ2v) is 11.6. The Bertz CT molecular complexity index is 1320. The van der Waals surface area contributed by atoms with Gasteiger partial charge in [0.25, 0.3) is 0 Å². The van der Waals surface area contributed by atoms with E-state index in [1.165, 1.54) is 99.8 Å². The molecule has 0 aliphatic carbocycles. The van der Waals surface area contributed by atoms with Crippen molar-refractivity contribution in [3.05, 3.63) is 59.3 Å². The Balaban J connectivity index is 1.38. The van der Waals surface area contributed by atoms with Gasteiger partial charge in [-0.3, -0.25) is 4.79 Å². The lowest BCUT2D eigenvalue weighted by atomic mass is 9.91. The number of hydrogen-bond donors (Lipinski definition) is 2. The summed E-state index contributed by atoms with van der Waals surface area (Å²) in [5.74, 6) is -0.0263. The van der Waals surface area contributed by atoms with Crippen molar-refractivity contribution < 1.29 is 9.59 Å². The quantitative estimate of drug-likeness (QED) is 0.167. The second-order valence-electron chi connectivity index (χ2n) is 11.6. The number of allylic oxidation sites excluding steroid dienone is 1. The summed E-state index contributed by atoms with van der Waals surface area (Å²) in [6.45, 7) is 6.60. The Morgan fingerprint density at radius 3 is 1.98 bits per heavy atom. The molecule has 1 aromatic heterocycles. The van der Waals surface area contributed by atoms with Gasteiger partial charge in [0, 0.05) is 39.7 Å². The van der Waals surface area contributed by atoms with E-state index in [0.717, 1.165) is 24.0 Å². The highest BCUT2D eigenvalue weighted by molar-refractivity contribution is 6.10. The fourth-order valence-corrected chi connectivity index (χ4v) is 6.46. The Morgan fingerprint density at radius 1 is 0.775 bits per heavy atom. The van der Waals surface area contributed by atoms with Gasteiger partial charge >= 0.3 is 6.03 Å². The van der Waals surface area contributed by atoms with Crippen molar-refractivity contribution in [2.75, 3.05) is 0 Å². The Kier molecular flexibility index (Phi) is 11.3. The molecule has 0 saturated heterocycles. The van der Waals surface area contributed by atoms with Crippen LogP contribution in [0.5, 0.6) is 0 Å². The number of hydrogen-bond acceptors (Lipinski definition) is 2. The molecular weight excluding hydrogens is 494 g/mol. The van der Waals surface area contributed by atoms with E-state index in [0.29, 0.717) is 11.3 Å². The predicted octanol–water partition coefficient (Wildman–Crippen LogP) is 9.49. The SMILES string of the molecule is CCCCCCCCCCCCCCCCn1c2ccccc2c2cccc(C3NC(=O)NC(C)=C3C(C)=O)c21. The summed E-state index contributed by atoms with van der Waals surface area (Å²) in [5, 5.41) is 8.21. The molecule has 1 aliphatic rings. The van der Waals surface area contributed by atoms with Crippen LogP contribution in [0.25, 0.3) is 21.8 Å². The first-order valence-corrected chi connectivity index (χ1v) is 15.8. The second kappa shape index (κ2) is 15.1. The fourth-order valence-electron chi connectivity index (χ4n) is 6.46. The number of aromatic nitrogens is 1. The van der Waals surface area contributed by atoms with E-state index < -0.39 is 6.04 Å². The van der Waals surface area contributed by atoms with Gasteiger partial charge in [-0.2, -0.15) is 0 Å². The van der Waals surface area contributed by atoms with Crippen LogP contribution < -0.4 is 10.6 Å². The van der Waals surface area contributed by atoms with Crippen LogP contribution in [0.4, 0.5) is 4.79 Å². The number of amides is 2. The molecule has 2 heterocycles. The molecule has 5 heteroatoms. The zero-order chi connectivity index (χ0) is 28.3. The number of carbonyl (C=O) groups excluding carboxylic acids is 2. The molecule has 1 aliphatic heterocycles. The van der Waals surface area contributed by atoms with Gasteiger partial charge in [0.15, 0.2) is 5.78 Å². The summed E-state index contributed by atoms with van der Waals surface area (Å²) in [4.78, 5) is 25.1. The maximum absolute atomic E-state index is 12.7. The molecule has 2 N–H and O–H groups in total. The van der Waals surface area contributed by atoms with Crippen molar-refractivity contribution in [2.24, 2.45) is 0 Å². The van der Waals surface area contributed by atoms with Gasteiger partial charge in [0.2, 0.25) is 0 Å². The molecule has 1 atom stereocenters. The first-order valence-electron chi connectivity index (χ1n) is 15.8. The van der Waals surface area contributed by atoms with E-state index in [-0.39, 0.29) is 11.8 Å². The molecule has 1 unspecified atom stereocenters. The lowest BCUT2D eigenvalue weighted by Gasteiger charge is -2.29. The zero-order valence-corrected chi connectivity index (χ0v) is 25.0. The highest BCUT2D eigenvalue weighted by Crippen LogP contribution is 2.37. The van der Waals surface area contributed by atoms with Crippen LogP contribution in [-0.4, -0.2) is 16.4 Å². The Morgan fingerprint density at radius 2 is 1.35 bits per heavy atom. The number of nitrogens with one attached hydrogen (secondary N) is 2. The largest absolute Gasteiger partial charge is 0.340 e. The standard InChI is InChI=1S/C35H49N3O2/c1-4-5-6-7-8-9-10-11-12-13-14-15-16-19-25-38-31-24-18-17-21-28(31)29-22-20-23-30(34(29)38)33-32(27(3)39)26(2)36-35(40)37-33/h17-18,20-24,33H,4-16,19,25H2,1-3H3,(H2,36,37,40). The van der Waals surface area contributed by atoms with Crippen molar-refractivity contribution >= 4 is 33.6 Å². The van der Waals surface area contributed by atoms with E-state index in [1.807, 2.05) is 13.0 Å². The maximum atomic E-state index is 12.7. The third-order valence-corrected chi connectivity index (χ3v) is 8.52. The molecule has 0 spiro atoms. The van der Waals surface area contributed by atoms with Gasteiger partial charge in [-0.05, 0) is 26.3 Å². The first kappa shape index (κ1) is 29.9. The maximum Gasteiger partial charge on any atom is 0.319 e. The summed E-state index contributed by atoms with van der Waals surface area (Å²) in [6.07, 6.45) is 18.8. The third kappa shape index (κ3) is 7.35. The molecule has 4 rings (SSSR count). The summed E-state index contributed by atoms with van der Waals surface area (Å²) < 4.78 is 2.42. The number of para-hydroxylation sites is 2. The van der Waals surface area contributed by atoms with Crippen molar-refractivity contribution in [1.82, 2.24) is 15.2 Å². The molecule has 0 radical (unpaired) electrons. The third-order valence-electron chi connectivity index (χ3n) is 8.52. The van der Waals surface area contributed by atoms with Crippen LogP contribution in [0.15, 0.2) is 53.7 Å². The van der Waals surface area contributed by atoms with Gasteiger partial charge in [-0.25, -0.2) is 4.79 Å². The fraction of sp³-hybridized carbons (Fsp3) is 0.543. The van der Waals surface area contributed by atoms with E-state index in [2.05, 4.69) is 58.5 Å². The average molecular weight is 544 g/mol. The van der Waals surface area contributed by atoms with Gasteiger partial charge in [-0.1, -0.05) is 127 Å². The average Bonchev–Trinajstić information content (AvgIpc) is 3.26. The molecule has 216 valence electrons. The van der Waals surface area contributed by atoms with Crippen LogP contribution in [0.1, 0.15) is 122 Å². The molecule has 40 heavy (non-hydrogen) atoms. The summed E-state index contributed by atoms with van der Waals surface area (Å²) in [7, 11) is 0. The number of fused-ring (bicyclic) bond motifs is 3. The van der Waals surface area contributed by atoms with Crippen molar-refractivity contribution in [3.8, 4) is 0 Å². The molecule has 5 nitrogen and oxygen atoms in total. The minimum absolute atomic E-state index is 0.0263. The molecule has 2 aromatic carbocycles. The number of aryl methyl sites for hydroxylation is 1. The van der Waals surface area contributed by atoms with Crippen molar-refractivity contribution in [2.45, 2.75) is 123 Å². The van der Waals surface area contributed by atoms with Crippen LogP contribution in [-0.2, 0) is 11.3 Å². The predicted molar refractivity (Wildman–Crippen MR) is 168 cm³/mol. The monoisotopic (exact) mass is 543 g/mol. The summed E-state index contributed by atoms with van der Waals surface area (Å²) >= 11 is 0. The Hall–Kier alpha value is -3.08. The van der Waals surface area contributed by atoms with Crippen LogP contribution in [0.2, 0.25) is 0 Å². The number of Topliss-reactive ketones (excluding diaryl/α,β-unsaturated/α-hetero) is 1. The van der Waals surface area contributed by atoms with Gasteiger partial charge in [0.05, 0.1) is 11.6 Å². The van der Waals surface area contributed by atoms with Crippen LogP contribution in [0.3, 0.4) is 0 Å². The molecule has 0 bridgehead atoms. The van der Waals surface area contributed by atoms with E-state index in [9.17, 15) is 9.59 Å². The van der Waals surface area contributed by atoms with Crippen LogP contribution >= 0.6 is 0 Å². The number of unbranched alkanes of at least 4 members (excludes halogenated alkanes) is 13. The highest BCUT2D eigenvalue weighted by atomic mass is 16.2. The number of rotatable bonds is 17. The first-order chi connectivity index (χ1) is 19.5. The molecule has 2 amide bonds. The molecular formula is C35H49N3O2. The van der Waals surface area contributed by atoms with E-state index in [1.54, 1.807) is 6.92 Å². The van der Waals surface area contributed by atoms with E-state index in [4.69, 9.17) is 0 Å². The number of carbonyl (C=O) groups is 2. The number of nitrogens with zero attached hydrogens (tertiary/aromatic N) is 1.